The summed E-state index contributed by atoms with van der Waals surface area (Å²) in [5.41, 5.74) is 3.31. The zero-order chi connectivity index (χ0) is 23.5. The van der Waals surface area contributed by atoms with Crippen molar-refractivity contribution in [3.05, 3.63) is 82.1 Å². The highest BCUT2D eigenvalue weighted by molar-refractivity contribution is 7.27. The third-order valence-corrected chi connectivity index (χ3v) is 6.54. The lowest BCUT2D eigenvalue weighted by molar-refractivity contribution is 0.102. The van der Waals surface area contributed by atoms with Gasteiger partial charge in [-0.3, -0.25) is 10.1 Å². The van der Waals surface area contributed by atoms with Gasteiger partial charge < -0.3 is 10.6 Å². The first kappa shape index (κ1) is 23.1. The van der Waals surface area contributed by atoms with Gasteiger partial charge in [0.25, 0.3) is 5.91 Å². The van der Waals surface area contributed by atoms with Crippen LogP contribution < -0.4 is 21.3 Å². The van der Waals surface area contributed by atoms with Gasteiger partial charge in [0, 0.05) is 17.4 Å². The van der Waals surface area contributed by atoms with Crippen LogP contribution in [0.25, 0.3) is 10.2 Å². The van der Waals surface area contributed by atoms with Crippen LogP contribution in [0.4, 0.5) is 20.0 Å². The van der Waals surface area contributed by atoms with E-state index in [0.717, 1.165) is 15.8 Å². The Morgan fingerprint density at radius 2 is 1.94 bits per heavy atom. The van der Waals surface area contributed by atoms with Crippen LogP contribution in [0.2, 0.25) is 5.02 Å². The number of benzene rings is 3. The topological polar surface area (TPSA) is 83.1 Å². The smallest absolute Gasteiger partial charge is 0.321 e. The summed E-state index contributed by atoms with van der Waals surface area (Å²) in [5, 5.41) is 9.55. The van der Waals surface area contributed by atoms with Gasteiger partial charge in [0.05, 0.1) is 20.9 Å². The van der Waals surface area contributed by atoms with Crippen molar-refractivity contribution in [1.82, 2.24) is 10.3 Å². The van der Waals surface area contributed by atoms with Crippen LogP contribution in [-0.4, -0.2) is 16.9 Å². The summed E-state index contributed by atoms with van der Waals surface area (Å²) in [4.78, 5) is 29.4. The Labute approximate surface area is 200 Å². The number of nitrogens with one attached hydrogen (secondary N) is 3. The summed E-state index contributed by atoms with van der Waals surface area (Å²) in [7, 11) is 2.32. The number of hydrogen-bond acceptors (Lipinski definition) is 4. The van der Waals surface area contributed by atoms with Gasteiger partial charge in [-0.2, -0.15) is 0 Å². The molecule has 4 rings (SSSR count). The highest BCUT2D eigenvalue weighted by Gasteiger charge is 2.14. The highest BCUT2D eigenvalue weighted by Crippen LogP contribution is 2.29. The van der Waals surface area contributed by atoms with Crippen molar-refractivity contribution in [3.63, 3.8) is 0 Å². The van der Waals surface area contributed by atoms with Crippen LogP contribution in [0.15, 0.2) is 54.6 Å². The molecule has 0 aliphatic heterocycles. The van der Waals surface area contributed by atoms with Crippen molar-refractivity contribution >= 4 is 70.5 Å². The van der Waals surface area contributed by atoms with E-state index in [2.05, 4.69) is 30.2 Å². The number of urea groups is 1. The molecule has 0 saturated carbocycles. The number of para-hydroxylation sites is 1. The Morgan fingerprint density at radius 1 is 1.12 bits per heavy atom. The molecule has 1 unspecified atom stereocenters. The molecule has 3 N–H and O–H groups in total. The lowest BCUT2D eigenvalue weighted by Gasteiger charge is -2.10. The molecule has 10 heteroatoms. The fourth-order valence-corrected chi connectivity index (χ4v) is 4.60. The fourth-order valence-electron chi connectivity index (χ4n) is 3.12. The number of carbonyl (C=O) groups is 2. The van der Waals surface area contributed by atoms with Gasteiger partial charge in [0.1, 0.15) is 5.82 Å². The molecule has 168 valence electrons. The van der Waals surface area contributed by atoms with Crippen LogP contribution in [0.5, 0.6) is 0 Å². The first-order valence-corrected chi connectivity index (χ1v) is 11.6. The van der Waals surface area contributed by atoms with Crippen molar-refractivity contribution in [3.8, 4) is 0 Å². The Morgan fingerprint density at radius 3 is 2.70 bits per heavy atom. The number of hydrogen-bond donors (Lipinski definition) is 3. The minimum atomic E-state index is -0.434. The lowest BCUT2D eigenvalue weighted by Crippen LogP contribution is -2.28. The number of aromatic nitrogens is 1. The molecule has 0 spiro atoms. The molecule has 0 aliphatic rings. The minimum Gasteiger partial charge on any atom is -0.334 e. The van der Waals surface area contributed by atoms with Gasteiger partial charge in [0.15, 0.2) is 5.13 Å². The van der Waals surface area contributed by atoms with E-state index in [1.165, 1.54) is 17.4 Å². The zero-order valence-corrected chi connectivity index (χ0v) is 20.1. The average Bonchev–Trinajstić information content (AvgIpc) is 3.18. The summed E-state index contributed by atoms with van der Waals surface area (Å²) in [6, 6.07) is 14.7. The number of rotatable bonds is 5. The highest BCUT2D eigenvalue weighted by atomic mass is 35.5. The summed E-state index contributed by atoms with van der Waals surface area (Å²) in [6.45, 7) is 2.11. The second kappa shape index (κ2) is 9.83. The number of nitrogens with zero attached hydrogens (tertiary/aromatic N) is 1. The van der Waals surface area contributed by atoms with E-state index in [4.69, 9.17) is 11.6 Å². The van der Waals surface area contributed by atoms with E-state index in [0.29, 0.717) is 32.2 Å². The van der Waals surface area contributed by atoms with E-state index in [9.17, 15) is 14.0 Å². The molecule has 0 radical (unpaired) electrons. The minimum absolute atomic E-state index is 0.240. The first-order chi connectivity index (χ1) is 15.8. The predicted octanol–water partition coefficient (Wildman–Crippen LogP) is 5.47. The summed E-state index contributed by atoms with van der Waals surface area (Å²) < 4.78 is 14.1. The second-order valence-corrected chi connectivity index (χ2v) is 9.31. The van der Waals surface area contributed by atoms with Crippen LogP contribution in [0, 0.1) is 12.7 Å². The number of amides is 3. The van der Waals surface area contributed by atoms with E-state index in [1.807, 2.05) is 19.1 Å². The predicted molar refractivity (Wildman–Crippen MR) is 135 cm³/mol. The van der Waals surface area contributed by atoms with Gasteiger partial charge in [-0.15, -0.1) is 9.24 Å². The van der Waals surface area contributed by atoms with Crippen LogP contribution in [0.3, 0.4) is 0 Å². The van der Waals surface area contributed by atoms with Crippen LogP contribution in [-0.2, 0) is 6.54 Å². The molecule has 33 heavy (non-hydrogen) atoms. The average molecular weight is 501 g/mol. The molecule has 0 aliphatic carbocycles. The number of aryl methyl sites for hydroxylation is 1. The summed E-state index contributed by atoms with van der Waals surface area (Å²) in [6.07, 6.45) is 0. The second-order valence-electron chi connectivity index (χ2n) is 7.25. The number of thiazole rings is 1. The molecule has 0 saturated heterocycles. The standard InChI is InChI=1S/C23H19ClFN4O2PS/c1-12-3-2-4-15(24)20(12)28-21(30)14-6-8-17-19(10-14)33-23(27-17)29-22(31)26-11-13-5-7-16(25)18(32)9-13/h2-10H,11,32H2,1H3,(H,28,30)(H2,26,27,29,31). The van der Waals surface area contributed by atoms with E-state index < -0.39 is 6.03 Å². The molecule has 1 heterocycles. The third-order valence-electron chi connectivity index (χ3n) is 4.85. The maximum atomic E-state index is 13.4. The molecule has 0 fully saturated rings. The normalized spacial score (nSPS) is 10.8. The van der Waals surface area contributed by atoms with Crippen molar-refractivity contribution < 1.29 is 14.0 Å². The maximum absolute atomic E-state index is 13.4. The van der Waals surface area contributed by atoms with Gasteiger partial charge in [0.2, 0.25) is 0 Å². The van der Waals surface area contributed by atoms with Crippen LogP contribution in [0.1, 0.15) is 21.5 Å². The summed E-state index contributed by atoms with van der Waals surface area (Å²) in [5.74, 6) is -0.612. The molecule has 4 aromatic rings. The number of anilines is 2. The van der Waals surface area contributed by atoms with E-state index in [1.54, 1.807) is 36.4 Å². The van der Waals surface area contributed by atoms with Crippen LogP contribution >= 0.6 is 32.2 Å². The summed E-state index contributed by atoms with van der Waals surface area (Å²) >= 11 is 7.45. The third kappa shape index (κ3) is 5.47. The van der Waals surface area contributed by atoms with Gasteiger partial charge in [-0.05, 0) is 54.4 Å². The quantitative estimate of drug-likeness (QED) is 0.318. The molecule has 1 aromatic heterocycles. The Kier molecular flexibility index (Phi) is 6.88. The molecule has 1 atom stereocenters. The molecule has 3 amide bonds. The molecular formula is C23H19ClFN4O2PS. The van der Waals surface area contributed by atoms with Crippen molar-refractivity contribution in [1.29, 1.82) is 0 Å². The number of halogens is 2. The number of carbonyl (C=O) groups excluding carboxylic acids is 2. The molecular weight excluding hydrogens is 482 g/mol. The Bertz CT molecular complexity index is 1360. The monoisotopic (exact) mass is 500 g/mol. The largest absolute Gasteiger partial charge is 0.334 e. The SMILES string of the molecule is Cc1cccc(Cl)c1NC(=O)c1ccc2nc(NC(=O)NCc3ccc(F)c(P)c3)sc2c1. The van der Waals surface area contributed by atoms with E-state index >= 15 is 0 Å². The van der Waals surface area contributed by atoms with Gasteiger partial charge >= 0.3 is 6.03 Å². The van der Waals surface area contributed by atoms with Crippen molar-refractivity contribution in [2.75, 3.05) is 10.6 Å². The Balaban J connectivity index is 1.42. The van der Waals surface area contributed by atoms with Crippen molar-refractivity contribution in [2.24, 2.45) is 0 Å². The van der Waals surface area contributed by atoms with Crippen molar-refractivity contribution in [2.45, 2.75) is 13.5 Å². The molecule has 0 bridgehead atoms. The van der Waals surface area contributed by atoms with E-state index in [-0.39, 0.29) is 18.3 Å². The fraction of sp³-hybridized carbons (Fsp3) is 0.0870. The molecule has 3 aromatic carbocycles. The Hall–Kier alpha value is -3.06. The lowest BCUT2D eigenvalue weighted by atomic mass is 10.1. The van der Waals surface area contributed by atoms with Gasteiger partial charge in [-0.25, -0.2) is 14.2 Å². The zero-order valence-electron chi connectivity index (χ0n) is 17.4. The maximum Gasteiger partial charge on any atom is 0.321 e. The molecule has 6 nitrogen and oxygen atoms in total. The van der Waals surface area contributed by atoms with Gasteiger partial charge in [-0.1, -0.05) is 41.1 Å². The first-order valence-electron chi connectivity index (χ1n) is 9.86. The number of fused-ring (bicyclic) bond motifs is 1.